The monoisotopic (exact) mass is 842 g/mol. The Balaban J connectivity index is 1.34. The summed E-state index contributed by atoms with van der Waals surface area (Å²) in [5.41, 5.74) is 2.69. The molecule has 1 aliphatic heterocycles. The lowest BCUT2D eigenvalue weighted by Crippen LogP contribution is -2.56. The average Bonchev–Trinajstić information content (AvgIpc) is 3.97. The lowest BCUT2D eigenvalue weighted by Gasteiger charge is -2.23. The van der Waals surface area contributed by atoms with E-state index >= 15 is 0 Å². The van der Waals surface area contributed by atoms with Crippen molar-refractivity contribution in [2.75, 3.05) is 20.1 Å². The van der Waals surface area contributed by atoms with Crippen LogP contribution in [0.4, 0.5) is 0 Å². The smallest absolute Gasteiger partial charge is 0.271 e. The fourth-order valence-electron chi connectivity index (χ4n) is 6.60. The second-order valence-corrected chi connectivity index (χ2v) is 15.3. The van der Waals surface area contributed by atoms with Gasteiger partial charge in [-0.1, -0.05) is 41.9 Å². The van der Waals surface area contributed by atoms with Crippen molar-refractivity contribution >= 4 is 86.1 Å². The number of para-hydroxylation sites is 1. The molecule has 59 heavy (non-hydrogen) atoms. The number of carbonyl (C=O) groups is 7. The third-order valence-electron chi connectivity index (χ3n) is 9.72. The fourth-order valence-corrected chi connectivity index (χ4v) is 7.71. The Morgan fingerprint density at radius 1 is 0.797 bits per heavy atom. The van der Waals surface area contributed by atoms with Gasteiger partial charge in [0.15, 0.2) is 0 Å². The Morgan fingerprint density at radius 3 is 2.25 bits per heavy atom. The maximum Gasteiger partial charge on any atom is 0.271 e. The summed E-state index contributed by atoms with van der Waals surface area (Å²) in [6, 6.07) is 8.40. The molecule has 4 atom stereocenters. The van der Waals surface area contributed by atoms with Crippen molar-refractivity contribution < 1.29 is 33.6 Å². The average molecular weight is 843 g/mol. The molecular weight excluding hydrogens is 800 g/mol. The molecule has 0 saturated heterocycles. The number of benzene rings is 2. The molecule has 1 aliphatic rings. The van der Waals surface area contributed by atoms with Crippen molar-refractivity contribution in [3.8, 4) is 0 Å². The Labute approximate surface area is 347 Å². The minimum absolute atomic E-state index is 0.0130. The number of H-pyrrole nitrogens is 2. The number of likely N-dealkylation sites (N-methyl/N-ethyl adjacent to an activating group) is 1. The predicted octanol–water partition coefficient (Wildman–Crippen LogP) is 2.12. The molecule has 7 amide bonds. The van der Waals surface area contributed by atoms with E-state index in [1.54, 1.807) is 31.5 Å². The number of rotatable bonds is 4. The van der Waals surface area contributed by atoms with E-state index in [9.17, 15) is 33.6 Å². The third kappa shape index (κ3) is 9.96. The zero-order valence-electron chi connectivity index (χ0n) is 32.5. The van der Waals surface area contributed by atoms with Gasteiger partial charge in [-0.3, -0.25) is 33.6 Å². The van der Waals surface area contributed by atoms with Gasteiger partial charge in [0, 0.05) is 59.5 Å². The number of halogens is 1. The maximum atomic E-state index is 14.4. The lowest BCUT2D eigenvalue weighted by atomic mass is 10.0. The molecule has 0 aliphatic carbocycles. The van der Waals surface area contributed by atoms with Crippen molar-refractivity contribution in [3.63, 3.8) is 0 Å². The molecule has 2 bridgehead atoms. The van der Waals surface area contributed by atoms with E-state index in [1.807, 2.05) is 30.3 Å². The summed E-state index contributed by atoms with van der Waals surface area (Å²) >= 11 is 7.68. The van der Waals surface area contributed by atoms with E-state index in [0.29, 0.717) is 32.1 Å². The van der Waals surface area contributed by atoms with Gasteiger partial charge in [0.05, 0.1) is 24.2 Å². The Morgan fingerprint density at radius 2 is 1.47 bits per heavy atom. The number of fused-ring (bicyclic) bond motifs is 4. The van der Waals surface area contributed by atoms with Crippen LogP contribution in [0.15, 0.2) is 72.0 Å². The third-order valence-corrected chi connectivity index (χ3v) is 11.1. The number of allylic oxidation sites excluding steroid dienone is 1. The van der Waals surface area contributed by atoms with E-state index in [-0.39, 0.29) is 30.8 Å². The normalized spacial score (nSPS) is 21.7. The molecule has 17 nitrogen and oxygen atoms in total. The van der Waals surface area contributed by atoms with Crippen molar-refractivity contribution in [3.05, 3.63) is 98.9 Å². The number of carbonyl (C=O) groups excluding carboxylic acids is 7. The van der Waals surface area contributed by atoms with Crippen molar-refractivity contribution in [1.82, 2.24) is 51.8 Å². The van der Waals surface area contributed by atoms with Gasteiger partial charge < -0.3 is 46.8 Å². The van der Waals surface area contributed by atoms with Crippen LogP contribution < -0.4 is 31.9 Å². The molecule has 0 saturated carbocycles. The first-order valence-electron chi connectivity index (χ1n) is 18.7. The van der Waals surface area contributed by atoms with Crippen molar-refractivity contribution in [2.45, 2.75) is 57.8 Å². The molecule has 308 valence electrons. The Bertz CT molecular complexity index is 2470. The van der Waals surface area contributed by atoms with Crippen LogP contribution >= 0.6 is 22.9 Å². The van der Waals surface area contributed by atoms with Crippen LogP contribution in [-0.4, -0.2) is 99.5 Å². The molecule has 5 aromatic rings. The minimum atomic E-state index is -1.28. The first-order valence-corrected chi connectivity index (χ1v) is 19.9. The van der Waals surface area contributed by atoms with Crippen LogP contribution in [0.3, 0.4) is 0 Å². The molecule has 2 aromatic carbocycles. The first-order chi connectivity index (χ1) is 28.2. The highest BCUT2D eigenvalue weighted by Gasteiger charge is 2.31. The summed E-state index contributed by atoms with van der Waals surface area (Å²) in [4.78, 5) is 106. The number of aromatic amines is 2. The molecule has 19 heteroatoms. The molecule has 0 fully saturated rings. The number of thiazole rings is 1. The largest absolute Gasteiger partial charge is 0.361 e. The number of nitrogens with one attached hydrogen (secondary N) is 8. The number of aromatic nitrogens is 3. The molecule has 0 radical (unpaired) electrons. The van der Waals surface area contributed by atoms with Gasteiger partial charge in [-0.2, -0.15) is 0 Å². The van der Waals surface area contributed by atoms with Crippen LogP contribution in [0.2, 0.25) is 5.02 Å². The van der Waals surface area contributed by atoms with Crippen LogP contribution in [0.25, 0.3) is 21.8 Å². The van der Waals surface area contributed by atoms with Gasteiger partial charge in [0.25, 0.3) is 11.8 Å². The topological polar surface area (TPSA) is 239 Å². The zero-order chi connectivity index (χ0) is 42.4. The van der Waals surface area contributed by atoms with Crippen molar-refractivity contribution in [2.24, 2.45) is 0 Å². The van der Waals surface area contributed by atoms with Crippen LogP contribution in [-0.2, 0) is 41.6 Å². The number of hydrogen-bond acceptors (Lipinski definition) is 9. The van der Waals surface area contributed by atoms with E-state index < -0.39 is 72.1 Å². The zero-order valence-corrected chi connectivity index (χ0v) is 34.1. The van der Waals surface area contributed by atoms with Gasteiger partial charge in [0.2, 0.25) is 29.5 Å². The van der Waals surface area contributed by atoms with Crippen LogP contribution in [0.1, 0.15) is 53.4 Å². The molecule has 4 heterocycles. The first kappa shape index (κ1) is 42.1. The van der Waals surface area contributed by atoms with E-state index in [4.69, 9.17) is 11.6 Å². The quantitative estimate of drug-likeness (QED) is 0.125. The molecule has 0 unspecified atom stereocenters. The molecular formula is C40H43ClN10O7S. The minimum Gasteiger partial charge on any atom is -0.361 e. The van der Waals surface area contributed by atoms with Gasteiger partial charge in [-0.05, 0) is 50.1 Å². The summed E-state index contributed by atoms with van der Waals surface area (Å²) < 4.78 is 0. The summed E-state index contributed by atoms with van der Waals surface area (Å²) in [6.45, 7) is 3.63. The second-order valence-electron chi connectivity index (χ2n) is 14.1. The highest BCUT2D eigenvalue weighted by Crippen LogP contribution is 2.28. The van der Waals surface area contributed by atoms with Crippen LogP contribution in [0.5, 0.6) is 0 Å². The van der Waals surface area contributed by atoms with E-state index in [0.717, 1.165) is 27.1 Å². The van der Waals surface area contributed by atoms with Crippen LogP contribution in [0, 0.1) is 0 Å². The van der Waals surface area contributed by atoms with Gasteiger partial charge in [0.1, 0.15) is 34.5 Å². The van der Waals surface area contributed by atoms with Gasteiger partial charge >= 0.3 is 0 Å². The molecule has 6 rings (SSSR count). The molecule has 3 aromatic heterocycles. The fraction of sp³-hybridized carbons (Fsp3) is 0.300. The standard InChI is InChI=1S/C40H43ClN10O7S/c1-5-26-40(58)51(4)18-33(53)46-21(3)39-50-31(19-59-39)38(57)49-30(13-22-15-42-27-11-7-6-9-24(22)27)37(56)48-29(14-23-16-43-28-12-8-10-25(41)34(23)28)36(55)44-17-32(52)45-20(2)35(54)47-26/h5-12,15-16,19-21,29-30,42-43H,13-14,17-18H2,1-4H3,(H,44,55)(H,45,52)(H,46,53)(H,47,54)(H,48,56)(H,49,57)/b26-5-/t20-,21-,29+,30+/m1/s1. The molecule has 0 spiro atoms. The summed E-state index contributed by atoms with van der Waals surface area (Å²) in [7, 11) is 1.38. The number of nitrogens with zero attached hydrogens (tertiary/aromatic N) is 2. The van der Waals surface area contributed by atoms with Gasteiger partial charge in [-0.15, -0.1) is 11.3 Å². The Kier molecular flexibility index (Phi) is 13.1. The number of hydrogen-bond donors (Lipinski definition) is 8. The lowest BCUT2D eigenvalue weighted by molar-refractivity contribution is -0.133. The highest BCUT2D eigenvalue weighted by atomic mass is 35.5. The maximum absolute atomic E-state index is 14.4. The SMILES string of the molecule is C/C=C1\NC(=O)[C@@H](C)NC(=O)CNC(=O)[C@H](Cc2c[nH]c3cccc(Cl)c23)NC(=O)[C@H](Cc2c[nH]c3ccccc23)NC(=O)c2csc(n2)[C@@H](C)NC(=O)CN(C)C1=O. The van der Waals surface area contributed by atoms with Crippen molar-refractivity contribution in [1.29, 1.82) is 0 Å². The van der Waals surface area contributed by atoms with E-state index in [1.165, 1.54) is 32.4 Å². The second kappa shape index (κ2) is 18.4. The predicted molar refractivity (Wildman–Crippen MR) is 221 cm³/mol. The highest BCUT2D eigenvalue weighted by molar-refractivity contribution is 7.09. The summed E-state index contributed by atoms with van der Waals surface area (Å²) in [6.07, 6.45) is 4.72. The molecule has 8 N–H and O–H groups in total. The summed E-state index contributed by atoms with van der Waals surface area (Å²) in [5.74, 6) is -4.77. The Hall–Kier alpha value is -6.53. The van der Waals surface area contributed by atoms with Gasteiger partial charge in [-0.25, -0.2) is 4.98 Å². The summed E-state index contributed by atoms with van der Waals surface area (Å²) in [5, 5.41) is 19.6. The number of amides is 7. The van der Waals surface area contributed by atoms with E-state index in [2.05, 4.69) is 46.9 Å².